The van der Waals surface area contributed by atoms with Crippen molar-refractivity contribution < 1.29 is 14.3 Å². The van der Waals surface area contributed by atoms with Gasteiger partial charge in [-0.3, -0.25) is 9.59 Å². The molecule has 0 aliphatic carbocycles. The first-order valence-corrected chi connectivity index (χ1v) is 6.57. The second-order valence-corrected chi connectivity index (χ2v) is 4.74. The summed E-state index contributed by atoms with van der Waals surface area (Å²) in [6, 6.07) is -0.621. The van der Waals surface area contributed by atoms with Crippen LogP contribution in [0.1, 0.15) is 19.3 Å². The van der Waals surface area contributed by atoms with Gasteiger partial charge in [-0.2, -0.15) is 0 Å². The van der Waals surface area contributed by atoms with E-state index in [0.717, 1.165) is 19.3 Å². The normalized spacial score (nSPS) is 28.8. The summed E-state index contributed by atoms with van der Waals surface area (Å²) in [5, 5.41) is 5.78. The number of piperidine rings is 1. The van der Waals surface area contributed by atoms with Gasteiger partial charge in [0.15, 0.2) is 0 Å². The number of nitrogens with zero attached hydrogens (tertiary/aromatic N) is 1. The standard InChI is InChI=1S/C12H21N3O3/c1-13-11(16)10-4-2-3-6-15(10)12(17)9-8-18-7-5-14-9/h9-10,14H,2-8H2,1H3,(H,13,16). The Kier molecular flexibility index (Phi) is 4.54. The number of rotatable bonds is 2. The lowest BCUT2D eigenvalue weighted by atomic mass is 10.00. The number of likely N-dealkylation sites (tertiary alicyclic amines) is 1. The Morgan fingerprint density at radius 3 is 2.89 bits per heavy atom. The van der Waals surface area contributed by atoms with E-state index >= 15 is 0 Å². The van der Waals surface area contributed by atoms with Crippen LogP contribution in [-0.2, 0) is 14.3 Å². The summed E-state index contributed by atoms with van der Waals surface area (Å²) in [5.74, 6) is -0.0808. The van der Waals surface area contributed by atoms with Gasteiger partial charge in [-0.15, -0.1) is 0 Å². The van der Waals surface area contributed by atoms with Gasteiger partial charge in [0.2, 0.25) is 11.8 Å². The fourth-order valence-corrected chi connectivity index (χ4v) is 2.56. The predicted octanol–water partition coefficient (Wildman–Crippen LogP) is -0.898. The molecule has 2 atom stereocenters. The number of hydrogen-bond acceptors (Lipinski definition) is 4. The summed E-state index contributed by atoms with van der Waals surface area (Å²) in [6.07, 6.45) is 2.71. The largest absolute Gasteiger partial charge is 0.378 e. The molecule has 0 aromatic rings. The van der Waals surface area contributed by atoms with Crippen molar-refractivity contribution in [2.45, 2.75) is 31.3 Å². The predicted molar refractivity (Wildman–Crippen MR) is 66.0 cm³/mol. The summed E-state index contributed by atoms with van der Waals surface area (Å²) >= 11 is 0. The Hall–Kier alpha value is -1.14. The first kappa shape index (κ1) is 13.3. The Balaban J connectivity index is 2.03. The van der Waals surface area contributed by atoms with E-state index in [-0.39, 0.29) is 23.9 Å². The third-order valence-corrected chi connectivity index (χ3v) is 3.55. The molecule has 6 nitrogen and oxygen atoms in total. The van der Waals surface area contributed by atoms with Crippen LogP contribution in [0.3, 0.4) is 0 Å². The van der Waals surface area contributed by atoms with Gasteiger partial charge in [-0.05, 0) is 19.3 Å². The highest BCUT2D eigenvalue weighted by molar-refractivity contribution is 5.90. The van der Waals surface area contributed by atoms with Gasteiger partial charge in [0.1, 0.15) is 12.1 Å². The van der Waals surface area contributed by atoms with Crippen LogP contribution in [-0.4, -0.2) is 62.1 Å². The van der Waals surface area contributed by atoms with Crippen molar-refractivity contribution in [1.82, 2.24) is 15.5 Å². The Morgan fingerprint density at radius 1 is 1.39 bits per heavy atom. The van der Waals surface area contributed by atoms with Crippen LogP contribution in [0.25, 0.3) is 0 Å². The minimum atomic E-state index is -0.319. The average molecular weight is 255 g/mol. The van der Waals surface area contributed by atoms with Crippen LogP contribution in [0.2, 0.25) is 0 Å². The molecule has 2 rings (SSSR count). The summed E-state index contributed by atoms with van der Waals surface area (Å²) in [4.78, 5) is 25.9. The zero-order valence-electron chi connectivity index (χ0n) is 10.8. The maximum Gasteiger partial charge on any atom is 0.242 e. The number of likely N-dealkylation sites (N-methyl/N-ethyl adjacent to an activating group) is 1. The van der Waals surface area contributed by atoms with Crippen molar-refractivity contribution in [3.63, 3.8) is 0 Å². The van der Waals surface area contributed by atoms with Crippen molar-refractivity contribution >= 4 is 11.8 Å². The van der Waals surface area contributed by atoms with Crippen molar-refractivity contribution in [1.29, 1.82) is 0 Å². The van der Waals surface area contributed by atoms with E-state index in [4.69, 9.17) is 4.74 Å². The Labute approximate surface area is 107 Å². The van der Waals surface area contributed by atoms with Crippen molar-refractivity contribution in [2.24, 2.45) is 0 Å². The number of nitrogens with one attached hydrogen (secondary N) is 2. The third kappa shape index (κ3) is 2.81. The summed E-state index contributed by atoms with van der Waals surface area (Å²) in [6.45, 7) is 2.39. The number of ether oxygens (including phenoxy) is 1. The highest BCUT2D eigenvalue weighted by Gasteiger charge is 2.35. The molecule has 0 aromatic carbocycles. The molecule has 2 unspecified atom stereocenters. The molecule has 0 radical (unpaired) electrons. The third-order valence-electron chi connectivity index (χ3n) is 3.55. The highest BCUT2D eigenvalue weighted by Crippen LogP contribution is 2.18. The number of hydrogen-bond donors (Lipinski definition) is 2. The molecule has 2 N–H and O–H groups in total. The summed E-state index contributed by atoms with van der Waals surface area (Å²) in [5.41, 5.74) is 0. The van der Waals surface area contributed by atoms with E-state index < -0.39 is 0 Å². The zero-order chi connectivity index (χ0) is 13.0. The van der Waals surface area contributed by atoms with Gasteiger partial charge >= 0.3 is 0 Å². The highest BCUT2D eigenvalue weighted by atomic mass is 16.5. The van der Waals surface area contributed by atoms with Crippen molar-refractivity contribution in [3.05, 3.63) is 0 Å². The van der Waals surface area contributed by atoms with E-state index in [0.29, 0.717) is 26.3 Å². The topological polar surface area (TPSA) is 70.7 Å². The molecule has 2 saturated heterocycles. The van der Waals surface area contributed by atoms with Gasteiger partial charge in [0.05, 0.1) is 13.2 Å². The molecule has 0 spiro atoms. The van der Waals surface area contributed by atoms with Crippen LogP contribution in [0.5, 0.6) is 0 Å². The lowest BCUT2D eigenvalue weighted by molar-refractivity contribution is -0.145. The van der Waals surface area contributed by atoms with Crippen molar-refractivity contribution in [2.75, 3.05) is 33.4 Å². The van der Waals surface area contributed by atoms with Crippen LogP contribution < -0.4 is 10.6 Å². The van der Waals surface area contributed by atoms with Crippen LogP contribution in [0, 0.1) is 0 Å². The molecule has 6 heteroatoms. The van der Waals surface area contributed by atoms with Gasteiger partial charge in [0.25, 0.3) is 0 Å². The number of carbonyl (C=O) groups is 2. The minimum absolute atomic E-state index is 0.0111. The number of carbonyl (C=O) groups excluding carboxylic acids is 2. The van der Waals surface area contributed by atoms with Gasteiger partial charge in [-0.25, -0.2) is 0 Å². The molecule has 2 aliphatic heterocycles. The Morgan fingerprint density at radius 2 is 2.22 bits per heavy atom. The van der Waals surface area contributed by atoms with E-state index in [1.807, 2.05) is 0 Å². The SMILES string of the molecule is CNC(=O)C1CCCCN1C(=O)C1COCCN1. The average Bonchev–Trinajstić information content (AvgIpc) is 2.46. The number of morpholine rings is 1. The summed E-state index contributed by atoms with van der Waals surface area (Å²) in [7, 11) is 1.61. The molecule has 2 fully saturated rings. The van der Waals surface area contributed by atoms with Crippen LogP contribution in [0.15, 0.2) is 0 Å². The molecule has 2 heterocycles. The second kappa shape index (κ2) is 6.15. The minimum Gasteiger partial charge on any atom is -0.378 e. The molecular weight excluding hydrogens is 234 g/mol. The molecule has 2 amide bonds. The van der Waals surface area contributed by atoms with Gasteiger partial charge in [0, 0.05) is 20.1 Å². The first-order valence-electron chi connectivity index (χ1n) is 6.57. The molecule has 102 valence electrons. The van der Waals surface area contributed by atoms with E-state index in [1.165, 1.54) is 0 Å². The van der Waals surface area contributed by atoms with Crippen LogP contribution in [0.4, 0.5) is 0 Å². The maximum atomic E-state index is 12.4. The molecule has 0 saturated carbocycles. The van der Waals surface area contributed by atoms with Crippen molar-refractivity contribution in [3.8, 4) is 0 Å². The molecule has 0 bridgehead atoms. The zero-order valence-corrected chi connectivity index (χ0v) is 10.8. The lowest BCUT2D eigenvalue weighted by Gasteiger charge is -2.37. The monoisotopic (exact) mass is 255 g/mol. The molecule has 18 heavy (non-hydrogen) atoms. The smallest absolute Gasteiger partial charge is 0.242 e. The van der Waals surface area contributed by atoms with Crippen LogP contribution >= 0.6 is 0 Å². The maximum absolute atomic E-state index is 12.4. The Bertz CT molecular complexity index is 316. The van der Waals surface area contributed by atoms with Gasteiger partial charge < -0.3 is 20.3 Å². The summed E-state index contributed by atoms with van der Waals surface area (Å²) < 4.78 is 5.31. The quantitative estimate of drug-likeness (QED) is 0.671. The number of amides is 2. The molecular formula is C12H21N3O3. The van der Waals surface area contributed by atoms with E-state index in [1.54, 1.807) is 11.9 Å². The lowest BCUT2D eigenvalue weighted by Crippen LogP contribution is -2.59. The fraction of sp³-hybridized carbons (Fsp3) is 0.833. The second-order valence-electron chi connectivity index (χ2n) is 4.74. The van der Waals surface area contributed by atoms with E-state index in [2.05, 4.69) is 10.6 Å². The molecule has 2 aliphatic rings. The fourth-order valence-electron chi connectivity index (χ4n) is 2.56. The first-order chi connectivity index (χ1) is 8.74. The molecule has 0 aromatic heterocycles. The van der Waals surface area contributed by atoms with Gasteiger partial charge in [-0.1, -0.05) is 0 Å². The van der Waals surface area contributed by atoms with E-state index in [9.17, 15) is 9.59 Å².